The molecular weight excluding hydrogens is 560 g/mol. The highest BCUT2D eigenvalue weighted by Gasteiger charge is 2.76. The first kappa shape index (κ1) is 30.1. The van der Waals surface area contributed by atoms with E-state index in [4.69, 9.17) is 14.2 Å². The van der Waals surface area contributed by atoms with Gasteiger partial charge in [0.25, 0.3) is 0 Å². The number of imidazole rings is 1. The maximum atomic E-state index is 14.5. The monoisotopic (exact) mass is 606 g/mol. The van der Waals surface area contributed by atoms with Crippen molar-refractivity contribution >= 4 is 17.5 Å². The van der Waals surface area contributed by atoms with Crippen molar-refractivity contribution in [2.45, 2.75) is 116 Å². The number of carbonyl (C=O) groups excluding carboxylic acids is 3. The van der Waals surface area contributed by atoms with Crippen molar-refractivity contribution in [2.75, 3.05) is 6.61 Å². The summed E-state index contributed by atoms with van der Waals surface area (Å²) >= 11 is 0. The van der Waals surface area contributed by atoms with E-state index in [-0.39, 0.29) is 48.3 Å². The van der Waals surface area contributed by atoms with E-state index < -0.39 is 40.9 Å². The maximum absolute atomic E-state index is 14.5. The number of aliphatic hydroxyl groups excluding tert-OH is 1. The largest absolute Gasteiger partial charge is 0.457 e. The molecule has 0 aromatic carbocycles. The lowest BCUT2D eigenvalue weighted by Crippen LogP contribution is -2.63. The van der Waals surface area contributed by atoms with Gasteiger partial charge in [-0.2, -0.15) is 0 Å². The Bertz CT molecular complexity index is 1390. The standard InChI is InChI=1S/C35H46N2O7/c1-21-36-14-16-37(21)15-12-30(41)42-20-28(40)35-29(43-32(44-35)22-7-5-4-6-8-22)18-26-25-10-9-23-17-24(38)11-13-33(23,2)31(25)27(39)19-34(26,35)3/h11,13-14,16-17,22,25-27,29,31-32,39H,4-10,12,15,18-20H2,1-3H3/t25-,26-,27-,29+,31+,32+,33-,34-,35+/m0/s1. The van der Waals surface area contributed by atoms with Gasteiger partial charge in [0.05, 0.1) is 18.6 Å². The summed E-state index contributed by atoms with van der Waals surface area (Å²) < 4.78 is 21.2. The molecule has 5 fully saturated rings. The van der Waals surface area contributed by atoms with Crippen molar-refractivity contribution in [2.24, 2.45) is 34.5 Å². The molecule has 6 aliphatic rings. The lowest BCUT2D eigenvalue weighted by molar-refractivity contribution is -0.210. The van der Waals surface area contributed by atoms with E-state index in [1.165, 1.54) is 6.42 Å². The number of esters is 1. The molecule has 9 nitrogen and oxygen atoms in total. The van der Waals surface area contributed by atoms with Gasteiger partial charge in [-0.3, -0.25) is 14.4 Å². The Morgan fingerprint density at radius 1 is 1.18 bits per heavy atom. The predicted molar refractivity (Wildman–Crippen MR) is 160 cm³/mol. The number of nitrogens with zero attached hydrogens (tertiary/aromatic N) is 2. The zero-order chi connectivity index (χ0) is 30.9. The summed E-state index contributed by atoms with van der Waals surface area (Å²) in [5.74, 6) is 0.523. The average molecular weight is 607 g/mol. The van der Waals surface area contributed by atoms with Crippen LogP contribution in [-0.2, 0) is 35.1 Å². The minimum Gasteiger partial charge on any atom is -0.457 e. The Morgan fingerprint density at radius 2 is 1.98 bits per heavy atom. The van der Waals surface area contributed by atoms with E-state index in [1.807, 2.05) is 23.8 Å². The zero-order valence-electron chi connectivity index (χ0n) is 26.2. The summed E-state index contributed by atoms with van der Waals surface area (Å²) in [7, 11) is 0. The molecule has 1 saturated heterocycles. The fourth-order valence-corrected chi connectivity index (χ4v) is 10.4. The Morgan fingerprint density at radius 3 is 2.73 bits per heavy atom. The van der Waals surface area contributed by atoms with Crippen LogP contribution in [0.5, 0.6) is 0 Å². The van der Waals surface area contributed by atoms with Crippen molar-refractivity contribution in [3.8, 4) is 0 Å². The Kier molecular flexibility index (Phi) is 7.53. The minimum atomic E-state index is -1.29. The van der Waals surface area contributed by atoms with Crippen LogP contribution in [0.25, 0.3) is 0 Å². The number of allylic oxidation sites excluding steroid dienone is 4. The fraction of sp³-hybridized carbons (Fsp3) is 0.714. The van der Waals surface area contributed by atoms with Crippen LogP contribution in [0.3, 0.4) is 0 Å². The van der Waals surface area contributed by atoms with Crippen molar-refractivity contribution in [3.63, 3.8) is 0 Å². The first-order valence-corrected chi connectivity index (χ1v) is 16.7. The third-order valence-electron chi connectivity index (χ3n) is 12.5. The van der Waals surface area contributed by atoms with Crippen molar-refractivity contribution in [1.82, 2.24) is 9.55 Å². The molecule has 44 heavy (non-hydrogen) atoms. The molecule has 238 valence electrons. The highest BCUT2D eigenvalue weighted by molar-refractivity contribution is 6.01. The molecule has 9 atom stereocenters. The molecular formula is C35H46N2O7. The third-order valence-corrected chi connectivity index (χ3v) is 12.5. The van der Waals surface area contributed by atoms with Crippen LogP contribution < -0.4 is 0 Å². The smallest absolute Gasteiger partial charge is 0.308 e. The van der Waals surface area contributed by atoms with Gasteiger partial charge in [-0.05, 0) is 69.4 Å². The van der Waals surface area contributed by atoms with Gasteiger partial charge >= 0.3 is 5.97 Å². The number of fused-ring (bicyclic) bond motifs is 7. The maximum Gasteiger partial charge on any atom is 0.308 e. The number of hydrogen-bond donors (Lipinski definition) is 1. The van der Waals surface area contributed by atoms with Crippen LogP contribution in [0.2, 0.25) is 0 Å². The predicted octanol–water partition coefficient (Wildman–Crippen LogP) is 4.64. The molecule has 1 aliphatic heterocycles. The van der Waals surface area contributed by atoms with Crippen LogP contribution in [-0.4, -0.2) is 62.9 Å². The average Bonchev–Trinajstić information content (AvgIpc) is 3.67. The molecule has 0 spiro atoms. The molecule has 5 aliphatic carbocycles. The molecule has 0 radical (unpaired) electrons. The summed E-state index contributed by atoms with van der Waals surface area (Å²) in [6.45, 7) is 6.20. The Balaban J connectivity index is 1.16. The number of carbonyl (C=O) groups is 3. The molecule has 2 heterocycles. The van der Waals surface area contributed by atoms with Gasteiger partial charge in [0.2, 0.25) is 5.78 Å². The molecule has 7 rings (SSSR count). The number of aliphatic hydroxyl groups is 1. The number of rotatable bonds is 7. The second-order valence-corrected chi connectivity index (χ2v) is 14.7. The van der Waals surface area contributed by atoms with E-state index in [0.717, 1.165) is 49.9 Å². The first-order valence-electron chi connectivity index (χ1n) is 16.7. The van der Waals surface area contributed by atoms with E-state index in [1.54, 1.807) is 18.3 Å². The zero-order valence-corrected chi connectivity index (χ0v) is 26.2. The van der Waals surface area contributed by atoms with E-state index >= 15 is 0 Å². The second kappa shape index (κ2) is 11.0. The van der Waals surface area contributed by atoms with Crippen LogP contribution >= 0.6 is 0 Å². The molecule has 1 aromatic heterocycles. The van der Waals surface area contributed by atoms with Crippen molar-refractivity contribution in [3.05, 3.63) is 42.0 Å². The van der Waals surface area contributed by atoms with Crippen LogP contribution in [0, 0.1) is 41.4 Å². The molecule has 0 amide bonds. The van der Waals surface area contributed by atoms with Crippen LogP contribution in [0.1, 0.15) is 83.9 Å². The van der Waals surface area contributed by atoms with E-state index in [2.05, 4.69) is 18.8 Å². The van der Waals surface area contributed by atoms with Gasteiger partial charge in [0, 0.05) is 41.6 Å². The summed E-state index contributed by atoms with van der Waals surface area (Å²) in [6, 6.07) is 0. The summed E-state index contributed by atoms with van der Waals surface area (Å²) in [4.78, 5) is 43.7. The van der Waals surface area contributed by atoms with Gasteiger partial charge in [0.1, 0.15) is 5.82 Å². The quantitative estimate of drug-likeness (QED) is 0.446. The van der Waals surface area contributed by atoms with Crippen LogP contribution in [0.4, 0.5) is 0 Å². The van der Waals surface area contributed by atoms with Crippen molar-refractivity contribution in [1.29, 1.82) is 0 Å². The molecule has 0 bridgehead atoms. The van der Waals surface area contributed by atoms with Gasteiger partial charge < -0.3 is 23.9 Å². The number of aromatic nitrogens is 2. The summed E-state index contributed by atoms with van der Waals surface area (Å²) in [6.07, 6.45) is 15.6. The molecule has 4 saturated carbocycles. The molecule has 9 heteroatoms. The lowest BCUT2D eigenvalue weighted by atomic mass is 9.46. The number of ether oxygens (including phenoxy) is 3. The molecule has 1 N–H and O–H groups in total. The van der Waals surface area contributed by atoms with Crippen LogP contribution in [0.15, 0.2) is 36.2 Å². The van der Waals surface area contributed by atoms with Gasteiger partial charge in [-0.1, -0.05) is 44.8 Å². The number of Topliss-reactive ketones (excluding diaryl/α,β-unsaturated/α-hetero) is 1. The second-order valence-electron chi connectivity index (χ2n) is 14.7. The Hall–Kier alpha value is -2.62. The normalized spacial score (nSPS) is 41.4. The molecule has 1 aromatic rings. The number of aryl methyl sites for hydroxylation is 2. The lowest BCUT2D eigenvalue weighted by Gasteiger charge is -2.59. The van der Waals surface area contributed by atoms with Gasteiger partial charge in [-0.15, -0.1) is 0 Å². The van der Waals surface area contributed by atoms with Gasteiger partial charge in [0.15, 0.2) is 24.3 Å². The molecule has 0 unspecified atom stereocenters. The minimum absolute atomic E-state index is 0.0104. The van der Waals surface area contributed by atoms with E-state index in [9.17, 15) is 19.5 Å². The summed E-state index contributed by atoms with van der Waals surface area (Å²) in [5.41, 5.74) is -1.28. The highest BCUT2D eigenvalue weighted by atomic mass is 16.7. The highest BCUT2D eigenvalue weighted by Crippen LogP contribution is 2.70. The number of hydrogen-bond acceptors (Lipinski definition) is 8. The fourth-order valence-electron chi connectivity index (χ4n) is 10.4. The van der Waals surface area contributed by atoms with Gasteiger partial charge in [-0.25, -0.2) is 4.98 Å². The number of ketones is 2. The summed E-state index contributed by atoms with van der Waals surface area (Å²) in [5, 5.41) is 12.0. The topological polar surface area (TPSA) is 117 Å². The van der Waals surface area contributed by atoms with Crippen molar-refractivity contribution < 1.29 is 33.7 Å². The first-order chi connectivity index (χ1) is 21.1. The SMILES string of the molecule is Cc1nccn1CCC(=O)OCC(=O)[C@@]12O[C@H](C3CCCCC3)O[C@@H]1C[C@H]1[C@@H]3CCC4=CC(=O)C=C[C@]4(C)[C@H]3[C@@H](O)C[C@@]12C. The Labute approximate surface area is 259 Å². The third kappa shape index (κ3) is 4.51. The van der Waals surface area contributed by atoms with E-state index in [0.29, 0.717) is 19.4 Å².